The molecular weight excluding hydrogens is 328 g/mol. The number of ether oxygens (including phenoxy) is 2. The van der Waals surface area contributed by atoms with Crippen molar-refractivity contribution in [2.45, 2.75) is 64.9 Å². The number of fused-ring (bicyclic) bond motifs is 3. The van der Waals surface area contributed by atoms with Crippen molar-refractivity contribution in [1.29, 1.82) is 0 Å². The maximum absolute atomic E-state index is 12.9. The van der Waals surface area contributed by atoms with Crippen LogP contribution in [0.4, 0.5) is 0 Å². The first kappa shape index (κ1) is 17.6. The minimum Gasteiger partial charge on any atom is -0.493 e. The van der Waals surface area contributed by atoms with Crippen molar-refractivity contribution < 1.29 is 19.1 Å². The lowest BCUT2D eigenvalue weighted by molar-refractivity contribution is -0.192. The summed E-state index contributed by atoms with van der Waals surface area (Å²) < 4.78 is 11.5. The molecule has 4 unspecified atom stereocenters. The Morgan fingerprint density at radius 3 is 2.65 bits per heavy atom. The largest absolute Gasteiger partial charge is 0.493 e. The van der Waals surface area contributed by atoms with Gasteiger partial charge in [0.1, 0.15) is 5.60 Å². The second-order valence-corrected chi connectivity index (χ2v) is 9.11. The van der Waals surface area contributed by atoms with E-state index in [2.05, 4.69) is 27.4 Å². The Hall–Kier alpha value is -1.84. The monoisotopic (exact) mass is 356 g/mol. The summed E-state index contributed by atoms with van der Waals surface area (Å²) in [5.41, 5.74) is 1.25. The maximum Gasteiger partial charge on any atom is 0.227 e. The van der Waals surface area contributed by atoms with Crippen LogP contribution in [0.1, 0.15) is 59.3 Å². The molecule has 26 heavy (non-hydrogen) atoms. The van der Waals surface area contributed by atoms with Crippen LogP contribution in [0.5, 0.6) is 0 Å². The van der Waals surface area contributed by atoms with Crippen molar-refractivity contribution in [3.8, 4) is 0 Å². The van der Waals surface area contributed by atoms with Gasteiger partial charge in [-0.2, -0.15) is 0 Å². The van der Waals surface area contributed by atoms with E-state index in [1.165, 1.54) is 18.8 Å². The third-order valence-corrected chi connectivity index (χ3v) is 8.00. The van der Waals surface area contributed by atoms with Gasteiger partial charge >= 0.3 is 0 Å². The van der Waals surface area contributed by atoms with Crippen LogP contribution in [0, 0.1) is 16.7 Å². The minimum absolute atomic E-state index is 0.0790. The fraction of sp³-hybridized carbons (Fsp3) is 0.636. The lowest BCUT2D eigenvalue weighted by Crippen LogP contribution is -2.62. The molecule has 4 rings (SSSR count). The molecule has 2 saturated carbocycles. The quantitative estimate of drug-likeness (QED) is 0.520. The first-order valence-electron chi connectivity index (χ1n) is 9.61. The van der Waals surface area contributed by atoms with Crippen LogP contribution in [0.25, 0.3) is 0 Å². The average Bonchev–Trinajstić information content (AvgIpc) is 2.60. The zero-order valence-electron chi connectivity index (χ0n) is 16.2. The van der Waals surface area contributed by atoms with E-state index in [1.807, 2.05) is 0 Å². The molecule has 0 aromatic carbocycles. The Morgan fingerprint density at radius 2 is 1.96 bits per heavy atom. The standard InChI is InChI=1S/C22H28O4/c1-13-7-6-8-17-20(13,2)9-10-22(4)21(17,3)12-14-18(24)16(25-5)11-15(23)19(14)26-22/h11,17H,1,6-10,12H2,2-5H3. The van der Waals surface area contributed by atoms with E-state index in [0.717, 1.165) is 32.1 Å². The van der Waals surface area contributed by atoms with Gasteiger partial charge in [0.2, 0.25) is 11.6 Å². The molecule has 0 aromatic heterocycles. The SMILES string of the molecule is C=C1CCCC2C1(C)CCC1(C)OC3=C(CC21C)C(=O)C(OC)=CC3=O. The van der Waals surface area contributed by atoms with Gasteiger partial charge in [0.15, 0.2) is 11.5 Å². The van der Waals surface area contributed by atoms with Gasteiger partial charge < -0.3 is 9.47 Å². The normalized spacial score (nSPS) is 42.4. The molecule has 4 nitrogen and oxygen atoms in total. The van der Waals surface area contributed by atoms with Crippen LogP contribution in [0.15, 0.2) is 35.3 Å². The molecule has 0 bridgehead atoms. The summed E-state index contributed by atoms with van der Waals surface area (Å²) in [4.78, 5) is 25.4. The third-order valence-electron chi connectivity index (χ3n) is 8.00. The molecule has 0 radical (unpaired) electrons. The minimum atomic E-state index is -0.442. The number of ketones is 2. The van der Waals surface area contributed by atoms with Gasteiger partial charge in [0.05, 0.1) is 12.7 Å². The van der Waals surface area contributed by atoms with Crippen molar-refractivity contribution in [2.75, 3.05) is 7.11 Å². The highest BCUT2D eigenvalue weighted by molar-refractivity contribution is 6.21. The number of hydrogen-bond acceptors (Lipinski definition) is 4. The van der Waals surface area contributed by atoms with E-state index < -0.39 is 5.60 Å². The van der Waals surface area contributed by atoms with Crippen LogP contribution >= 0.6 is 0 Å². The van der Waals surface area contributed by atoms with Gasteiger partial charge in [0, 0.05) is 11.5 Å². The van der Waals surface area contributed by atoms with Crippen molar-refractivity contribution in [3.63, 3.8) is 0 Å². The van der Waals surface area contributed by atoms with Gasteiger partial charge in [-0.05, 0) is 56.8 Å². The van der Waals surface area contributed by atoms with Crippen LogP contribution in [-0.2, 0) is 19.1 Å². The number of carbonyl (C=O) groups excluding carboxylic acids is 2. The molecule has 4 heteroatoms. The van der Waals surface area contributed by atoms with Crippen LogP contribution in [0.3, 0.4) is 0 Å². The van der Waals surface area contributed by atoms with E-state index in [1.54, 1.807) is 0 Å². The van der Waals surface area contributed by atoms with E-state index in [9.17, 15) is 9.59 Å². The molecule has 0 N–H and O–H groups in total. The fourth-order valence-electron chi connectivity index (χ4n) is 6.04. The Kier molecular flexibility index (Phi) is 3.61. The topological polar surface area (TPSA) is 52.6 Å². The fourth-order valence-corrected chi connectivity index (χ4v) is 6.04. The van der Waals surface area contributed by atoms with Crippen molar-refractivity contribution in [2.24, 2.45) is 16.7 Å². The summed E-state index contributed by atoms with van der Waals surface area (Å²) in [5, 5.41) is 0. The average molecular weight is 356 g/mol. The smallest absolute Gasteiger partial charge is 0.227 e. The molecule has 4 atom stereocenters. The predicted octanol–water partition coefficient (Wildman–Crippen LogP) is 4.26. The van der Waals surface area contributed by atoms with Crippen LogP contribution in [0.2, 0.25) is 0 Å². The predicted molar refractivity (Wildman–Crippen MR) is 98.2 cm³/mol. The summed E-state index contributed by atoms with van der Waals surface area (Å²) >= 11 is 0. The molecule has 0 saturated heterocycles. The van der Waals surface area contributed by atoms with Gasteiger partial charge in [0.25, 0.3) is 0 Å². The van der Waals surface area contributed by atoms with E-state index in [0.29, 0.717) is 17.9 Å². The number of methoxy groups -OCH3 is 1. The summed E-state index contributed by atoms with van der Waals surface area (Å²) in [6.45, 7) is 11.1. The van der Waals surface area contributed by atoms with Crippen LogP contribution < -0.4 is 0 Å². The molecule has 140 valence electrons. The highest BCUT2D eigenvalue weighted by Gasteiger charge is 2.64. The number of carbonyl (C=O) groups is 2. The summed E-state index contributed by atoms with van der Waals surface area (Å²) in [7, 11) is 1.43. The first-order chi connectivity index (χ1) is 12.2. The molecule has 3 aliphatic carbocycles. The van der Waals surface area contributed by atoms with Crippen molar-refractivity contribution in [1.82, 2.24) is 0 Å². The second-order valence-electron chi connectivity index (χ2n) is 9.11. The zero-order valence-corrected chi connectivity index (χ0v) is 16.2. The Morgan fingerprint density at radius 1 is 1.23 bits per heavy atom. The second kappa shape index (κ2) is 5.34. The molecule has 1 aliphatic heterocycles. The first-order valence-corrected chi connectivity index (χ1v) is 9.61. The van der Waals surface area contributed by atoms with Gasteiger partial charge in [-0.15, -0.1) is 0 Å². The molecule has 4 aliphatic rings. The summed E-state index contributed by atoms with van der Waals surface area (Å²) in [5.74, 6) is 0.308. The van der Waals surface area contributed by atoms with Crippen molar-refractivity contribution >= 4 is 11.6 Å². The van der Waals surface area contributed by atoms with Gasteiger partial charge in [-0.25, -0.2) is 0 Å². The molecule has 0 spiro atoms. The van der Waals surface area contributed by atoms with Crippen LogP contribution in [-0.4, -0.2) is 24.3 Å². The molecule has 1 heterocycles. The maximum atomic E-state index is 12.9. The molecule has 0 aromatic rings. The lowest BCUT2D eigenvalue weighted by atomic mass is 9.44. The number of Topliss-reactive ketones (excluding diaryl/α,β-unsaturated/α-hetero) is 1. The number of hydrogen-bond donors (Lipinski definition) is 0. The summed E-state index contributed by atoms with van der Waals surface area (Å²) in [6.07, 6.45) is 7.05. The van der Waals surface area contributed by atoms with E-state index in [-0.39, 0.29) is 33.9 Å². The zero-order chi connectivity index (χ0) is 18.9. The number of allylic oxidation sites excluding steroid dienone is 3. The van der Waals surface area contributed by atoms with E-state index >= 15 is 0 Å². The van der Waals surface area contributed by atoms with Crippen molar-refractivity contribution in [3.05, 3.63) is 35.3 Å². The lowest BCUT2D eigenvalue weighted by Gasteiger charge is -2.64. The Labute approximate surface area is 155 Å². The molecule has 2 fully saturated rings. The molecular formula is C22H28O4. The number of rotatable bonds is 1. The molecule has 0 amide bonds. The Bertz CT molecular complexity index is 788. The third kappa shape index (κ3) is 2.02. The highest BCUT2D eigenvalue weighted by atomic mass is 16.5. The summed E-state index contributed by atoms with van der Waals surface area (Å²) in [6, 6.07) is 0. The van der Waals surface area contributed by atoms with Gasteiger partial charge in [-0.3, -0.25) is 9.59 Å². The van der Waals surface area contributed by atoms with Gasteiger partial charge in [-0.1, -0.05) is 26.0 Å². The van der Waals surface area contributed by atoms with E-state index in [4.69, 9.17) is 9.47 Å². The highest BCUT2D eigenvalue weighted by Crippen LogP contribution is 2.67. The Balaban J connectivity index is 1.82.